The van der Waals surface area contributed by atoms with E-state index >= 15 is 0 Å². The van der Waals surface area contributed by atoms with Crippen molar-refractivity contribution < 1.29 is 14.0 Å². The Balaban J connectivity index is 1.81. The lowest BCUT2D eigenvalue weighted by molar-refractivity contribution is -0.672. The van der Waals surface area contributed by atoms with Crippen LogP contribution < -0.4 is 10.3 Å². The summed E-state index contributed by atoms with van der Waals surface area (Å²) < 4.78 is 6.14. The smallest absolute Gasteiger partial charge is 0.286 e. The van der Waals surface area contributed by atoms with Gasteiger partial charge in [0.1, 0.15) is 11.1 Å². The number of aromatic nitrogens is 3. The van der Waals surface area contributed by atoms with Crippen LogP contribution in [0.5, 0.6) is 0 Å². The second-order valence-corrected chi connectivity index (χ2v) is 7.05. The average molecular weight is 395 g/mol. The molecule has 0 aliphatic carbocycles. The molecule has 0 bridgehead atoms. The predicted molar refractivity (Wildman–Crippen MR) is 103 cm³/mol. The predicted octanol–water partition coefficient (Wildman–Crippen LogP) is 2.83. The molecular weight excluding hydrogens is 376 g/mol. The Labute approximate surface area is 166 Å². The fourth-order valence-electron chi connectivity index (χ4n) is 2.64. The standard InChI is InChI=1S/C20H18N4O3S/c1-2-3-7-15-11-10-14(12-21)19(22-15)28-13-17(25)18-20(26)27-23-24(18)16-8-5-4-6-9-16/h4-6,8-11H,2-3,7,13H2,1H3/p+1. The molecule has 0 fully saturated rings. The Hall–Kier alpha value is -3.18. The van der Waals surface area contributed by atoms with Crippen LogP contribution in [-0.4, -0.2) is 21.8 Å². The number of carbonyl (C=O) groups excluding carboxylic acids is 1. The van der Waals surface area contributed by atoms with Crippen LogP contribution in [0.15, 0.2) is 56.8 Å². The summed E-state index contributed by atoms with van der Waals surface area (Å²) in [5.74, 6) is -0.442. The van der Waals surface area contributed by atoms with Gasteiger partial charge in [-0.2, -0.15) is 5.26 Å². The van der Waals surface area contributed by atoms with Crippen LogP contribution in [0.25, 0.3) is 5.69 Å². The van der Waals surface area contributed by atoms with Crippen molar-refractivity contribution in [2.75, 3.05) is 5.75 Å². The van der Waals surface area contributed by atoms with Crippen LogP contribution in [0, 0.1) is 11.3 Å². The number of benzene rings is 1. The molecule has 7 nitrogen and oxygen atoms in total. The Bertz CT molecular complexity index is 1070. The zero-order valence-corrected chi connectivity index (χ0v) is 16.2. The lowest BCUT2D eigenvalue weighted by atomic mass is 10.2. The molecule has 0 aliphatic rings. The lowest BCUT2D eigenvalue weighted by Gasteiger charge is -2.05. The van der Waals surface area contributed by atoms with E-state index in [0.717, 1.165) is 36.7 Å². The molecule has 0 aliphatic heterocycles. The van der Waals surface area contributed by atoms with E-state index in [1.165, 1.54) is 4.68 Å². The van der Waals surface area contributed by atoms with Crippen molar-refractivity contribution in [3.05, 3.63) is 69.8 Å². The van der Waals surface area contributed by atoms with Gasteiger partial charge < -0.3 is 0 Å². The number of H-pyrrole nitrogens is 1. The summed E-state index contributed by atoms with van der Waals surface area (Å²) >= 11 is 1.15. The highest BCUT2D eigenvalue weighted by Crippen LogP contribution is 2.22. The van der Waals surface area contributed by atoms with Gasteiger partial charge in [0, 0.05) is 17.8 Å². The number of carbonyl (C=O) groups is 1. The average Bonchev–Trinajstić information content (AvgIpc) is 3.12. The monoisotopic (exact) mass is 395 g/mol. The molecular formula is C20H19N4O3S+. The van der Waals surface area contributed by atoms with Crippen molar-refractivity contribution in [2.24, 2.45) is 0 Å². The summed E-state index contributed by atoms with van der Waals surface area (Å²) in [4.78, 5) is 29.3. The van der Waals surface area contributed by atoms with Crippen molar-refractivity contribution in [3.8, 4) is 11.8 Å². The Morgan fingerprint density at radius 1 is 1.29 bits per heavy atom. The molecule has 1 N–H and O–H groups in total. The summed E-state index contributed by atoms with van der Waals surface area (Å²) in [6.45, 7) is 2.10. The van der Waals surface area contributed by atoms with Gasteiger partial charge in [-0.05, 0) is 34.9 Å². The number of Topliss-reactive ketones (excluding diaryl/α,β-unsaturated/α-hetero) is 1. The summed E-state index contributed by atoms with van der Waals surface area (Å²) in [6, 6.07) is 14.6. The van der Waals surface area contributed by atoms with Gasteiger partial charge in [-0.15, -0.1) is 0 Å². The van der Waals surface area contributed by atoms with Crippen molar-refractivity contribution in [2.45, 2.75) is 31.2 Å². The summed E-state index contributed by atoms with van der Waals surface area (Å²) in [5.41, 5.74) is 1.07. The number of aryl methyl sites for hydroxylation is 1. The number of pyridine rings is 1. The number of thioether (sulfide) groups is 1. The fraction of sp³-hybridized carbons (Fsp3) is 0.250. The quantitative estimate of drug-likeness (QED) is 0.357. The van der Waals surface area contributed by atoms with E-state index in [1.54, 1.807) is 30.3 Å². The Morgan fingerprint density at radius 3 is 2.79 bits per heavy atom. The van der Waals surface area contributed by atoms with E-state index in [0.29, 0.717) is 16.3 Å². The van der Waals surface area contributed by atoms with Crippen LogP contribution in [0.1, 0.15) is 41.5 Å². The molecule has 0 unspecified atom stereocenters. The van der Waals surface area contributed by atoms with Crippen molar-refractivity contribution in [1.29, 1.82) is 5.26 Å². The molecule has 3 rings (SSSR count). The van der Waals surface area contributed by atoms with Crippen LogP contribution in [-0.2, 0) is 6.42 Å². The SMILES string of the molecule is CCCCc1ccc(C#N)c(SCC(=O)c2c(=O)o[nH][n+]2-c2ccccc2)n1. The van der Waals surface area contributed by atoms with Gasteiger partial charge in [-0.25, -0.2) is 9.78 Å². The minimum absolute atomic E-state index is 0.0334. The molecule has 2 aromatic heterocycles. The van der Waals surface area contributed by atoms with E-state index in [4.69, 9.17) is 4.52 Å². The first kappa shape index (κ1) is 19.6. The van der Waals surface area contributed by atoms with E-state index in [1.807, 2.05) is 12.1 Å². The Morgan fingerprint density at radius 2 is 2.07 bits per heavy atom. The first-order valence-electron chi connectivity index (χ1n) is 8.89. The maximum Gasteiger partial charge on any atom is 0.438 e. The molecule has 28 heavy (non-hydrogen) atoms. The minimum Gasteiger partial charge on any atom is -0.286 e. The van der Waals surface area contributed by atoms with Crippen LogP contribution in [0.3, 0.4) is 0 Å². The molecule has 2 heterocycles. The first-order chi connectivity index (χ1) is 13.6. The number of ketones is 1. The maximum absolute atomic E-state index is 12.7. The van der Waals surface area contributed by atoms with Gasteiger partial charge in [0.2, 0.25) is 11.5 Å². The minimum atomic E-state index is -0.736. The van der Waals surface area contributed by atoms with E-state index in [9.17, 15) is 14.9 Å². The van der Waals surface area contributed by atoms with Crippen LogP contribution >= 0.6 is 11.8 Å². The highest BCUT2D eigenvalue weighted by molar-refractivity contribution is 8.00. The first-order valence-corrected chi connectivity index (χ1v) is 9.87. The summed E-state index contributed by atoms with van der Waals surface area (Å²) in [5, 5.41) is 12.3. The number of nitriles is 1. The number of hydrogen-bond acceptors (Lipinski definition) is 6. The normalized spacial score (nSPS) is 10.6. The number of rotatable bonds is 8. The molecule has 0 saturated heterocycles. The second-order valence-electron chi connectivity index (χ2n) is 6.08. The molecule has 0 atom stereocenters. The van der Waals surface area contributed by atoms with Crippen molar-refractivity contribution in [1.82, 2.24) is 10.3 Å². The number of nitrogens with one attached hydrogen (secondary N) is 1. The molecule has 3 aromatic rings. The highest BCUT2D eigenvalue weighted by atomic mass is 32.2. The van der Waals surface area contributed by atoms with E-state index in [2.05, 4.69) is 23.2 Å². The molecule has 1 aromatic carbocycles. The largest absolute Gasteiger partial charge is 0.438 e. The number of aromatic amines is 1. The third kappa shape index (κ3) is 4.38. The molecule has 0 amide bonds. The number of para-hydroxylation sites is 1. The fourth-order valence-corrected chi connectivity index (χ4v) is 3.50. The maximum atomic E-state index is 12.7. The van der Waals surface area contributed by atoms with Gasteiger partial charge >= 0.3 is 11.3 Å². The molecule has 0 spiro atoms. The number of hydrogen-bond donors (Lipinski definition) is 1. The molecule has 0 saturated carbocycles. The molecule has 142 valence electrons. The second kappa shape index (κ2) is 9.15. The highest BCUT2D eigenvalue weighted by Gasteiger charge is 2.30. The van der Waals surface area contributed by atoms with Gasteiger partial charge in [0.25, 0.3) is 0 Å². The zero-order valence-electron chi connectivity index (χ0n) is 15.3. The summed E-state index contributed by atoms with van der Waals surface area (Å²) in [7, 11) is 0. The van der Waals surface area contributed by atoms with Gasteiger partial charge in [-0.3, -0.25) is 9.32 Å². The van der Waals surface area contributed by atoms with Crippen molar-refractivity contribution >= 4 is 17.5 Å². The lowest BCUT2D eigenvalue weighted by Crippen LogP contribution is -2.41. The van der Waals surface area contributed by atoms with E-state index in [-0.39, 0.29) is 11.4 Å². The Kier molecular flexibility index (Phi) is 6.40. The third-order valence-electron chi connectivity index (χ3n) is 4.09. The topological polar surface area (TPSA) is 104 Å². The molecule has 8 heteroatoms. The van der Waals surface area contributed by atoms with E-state index < -0.39 is 11.4 Å². The molecule has 0 radical (unpaired) electrons. The summed E-state index contributed by atoms with van der Waals surface area (Å²) in [6.07, 6.45) is 2.87. The van der Waals surface area contributed by atoms with Crippen LogP contribution in [0.4, 0.5) is 0 Å². The van der Waals surface area contributed by atoms with Crippen molar-refractivity contribution in [3.63, 3.8) is 0 Å². The van der Waals surface area contributed by atoms with Gasteiger partial charge in [-0.1, -0.05) is 43.3 Å². The third-order valence-corrected chi connectivity index (χ3v) is 5.08. The zero-order chi connectivity index (χ0) is 19.9. The van der Waals surface area contributed by atoms with Crippen LogP contribution in [0.2, 0.25) is 0 Å². The van der Waals surface area contributed by atoms with Gasteiger partial charge in [0.15, 0.2) is 0 Å². The number of nitrogens with zero attached hydrogens (tertiary/aromatic N) is 3. The number of unbranched alkanes of at least 4 members (excludes halogenated alkanes) is 1. The van der Waals surface area contributed by atoms with Gasteiger partial charge in [0.05, 0.1) is 11.3 Å².